The summed E-state index contributed by atoms with van der Waals surface area (Å²) in [5.74, 6) is 0.219. The number of nitrogens with one attached hydrogen (secondary N) is 2. The number of aromatic nitrogens is 3. The molecule has 9 nitrogen and oxygen atoms in total. The predicted molar refractivity (Wildman–Crippen MR) is 115 cm³/mol. The van der Waals surface area contributed by atoms with E-state index in [-0.39, 0.29) is 31.0 Å². The highest BCUT2D eigenvalue weighted by Gasteiger charge is 2.36. The van der Waals surface area contributed by atoms with Gasteiger partial charge in [-0.3, -0.25) is 0 Å². The van der Waals surface area contributed by atoms with Gasteiger partial charge >= 0.3 is 12.2 Å². The number of urea groups is 1. The van der Waals surface area contributed by atoms with Gasteiger partial charge in [0, 0.05) is 13.1 Å². The fourth-order valence-corrected chi connectivity index (χ4v) is 3.61. The van der Waals surface area contributed by atoms with E-state index in [0.29, 0.717) is 18.8 Å². The molecule has 1 saturated heterocycles. The normalized spacial score (nSPS) is 18.7. The van der Waals surface area contributed by atoms with Gasteiger partial charge in [-0.15, -0.1) is 5.10 Å². The van der Waals surface area contributed by atoms with Crippen molar-refractivity contribution in [2.45, 2.75) is 52.6 Å². The molecule has 0 bridgehead atoms. The van der Waals surface area contributed by atoms with Crippen LogP contribution in [0.1, 0.15) is 37.6 Å². The molecule has 3 rings (SSSR count). The molecule has 12 heteroatoms. The van der Waals surface area contributed by atoms with Crippen molar-refractivity contribution in [3.8, 4) is 5.88 Å². The number of hydrogen-bond donors (Lipinski definition) is 2. The van der Waals surface area contributed by atoms with E-state index >= 15 is 0 Å². The molecule has 0 saturated carbocycles. The zero-order valence-corrected chi connectivity index (χ0v) is 18.9. The minimum absolute atomic E-state index is 0.0339. The average molecular weight is 468 g/mol. The van der Waals surface area contributed by atoms with Crippen LogP contribution in [0.25, 0.3) is 0 Å². The number of amides is 2. The lowest BCUT2D eigenvalue weighted by molar-refractivity contribution is -0.139. The Balaban J connectivity index is 1.61. The standard InChI is InChI=1S/C21H27F3N6O3/c1-5-32-19-17(21(22,23)24)7-15(8-25-19)27-20(31)26-9-16-6-12(2)18(29-28-16)30-10-13(3)33-14(4)11-30/h6-8,13-14H,5,9-11H2,1-4H3,(H2,26,27,31). The summed E-state index contributed by atoms with van der Waals surface area (Å²) in [6.45, 7) is 8.95. The molecule has 0 radical (unpaired) electrons. The second-order valence-electron chi connectivity index (χ2n) is 7.82. The number of anilines is 2. The van der Waals surface area contributed by atoms with Crippen molar-refractivity contribution in [1.82, 2.24) is 20.5 Å². The fraction of sp³-hybridized carbons (Fsp3) is 0.524. The summed E-state index contributed by atoms with van der Waals surface area (Å²) >= 11 is 0. The number of halogens is 3. The quantitative estimate of drug-likeness (QED) is 0.669. The first kappa shape index (κ1) is 24.5. The monoisotopic (exact) mass is 468 g/mol. The first-order valence-corrected chi connectivity index (χ1v) is 10.5. The number of nitrogens with zero attached hydrogens (tertiary/aromatic N) is 4. The van der Waals surface area contributed by atoms with Crippen LogP contribution in [0.15, 0.2) is 18.3 Å². The summed E-state index contributed by atoms with van der Waals surface area (Å²) in [5, 5.41) is 13.4. The molecular weight excluding hydrogens is 441 g/mol. The van der Waals surface area contributed by atoms with Crippen LogP contribution in [-0.4, -0.2) is 53.1 Å². The van der Waals surface area contributed by atoms with Crippen molar-refractivity contribution in [3.05, 3.63) is 35.2 Å². The highest BCUT2D eigenvalue weighted by molar-refractivity contribution is 5.89. The van der Waals surface area contributed by atoms with Gasteiger partial charge in [0.05, 0.1) is 42.9 Å². The lowest BCUT2D eigenvalue weighted by atomic mass is 10.2. The Hall–Kier alpha value is -3.15. The zero-order chi connectivity index (χ0) is 24.2. The van der Waals surface area contributed by atoms with E-state index in [4.69, 9.17) is 9.47 Å². The molecule has 2 N–H and O–H groups in total. The van der Waals surface area contributed by atoms with Gasteiger partial charge in [0.15, 0.2) is 5.82 Å². The van der Waals surface area contributed by atoms with E-state index < -0.39 is 23.7 Å². The Labute approximate surface area is 189 Å². The van der Waals surface area contributed by atoms with E-state index in [1.807, 2.05) is 26.8 Å². The molecule has 2 aromatic heterocycles. The smallest absolute Gasteiger partial charge is 0.421 e. The molecule has 2 atom stereocenters. The van der Waals surface area contributed by atoms with Gasteiger partial charge in [0.25, 0.3) is 0 Å². The maximum atomic E-state index is 13.2. The van der Waals surface area contributed by atoms with Gasteiger partial charge in [0.1, 0.15) is 5.56 Å². The van der Waals surface area contributed by atoms with Crippen molar-refractivity contribution in [2.75, 3.05) is 29.9 Å². The van der Waals surface area contributed by atoms with E-state index in [9.17, 15) is 18.0 Å². The van der Waals surface area contributed by atoms with Crippen molar-refractivity contribution >= 4 is 17.5 Å². The van der Waals surface area contributed by atoms with Crippen molar-refractivity contribution in [3.63, 3.8) is 0 Å². The number of ether oxygens (including phenoxy) is 2. The molecule has 2 aromatic rings. The van der Waals surface area contributed by atoms with E-state index in [1.54, 1.807) is 6.92 Å². The Morgan fingerprint density at radius 3 is 2.55 bits per heavy atom. The van der Waals surface area contributed by atoms with Crippen LogP contribution >= 0.6 is 0 Å². The molecule has 2 unspecified atom stereocenters. The molecule has 2 amide bonds. The average Bonchev–Trinajstić information content (AvgIpc) is 2.72. The zero-order valence-electron chi connectivity index (χ0n) is 18.9. The number of alkyl halides is 3. The van der Waals surface area contributed by atoms with E-state index in [1.165, 1.54) is 0 Å². The van der Waals surface area contributed by atoms with Crippen LogP contribution in [0.2, 0.25) is 0 Å². The number of pyridine rings is 1. The van der Waals surface area contributed by atoms with Gasteiger partial charge < -0.3 is 25.0 Å². The van der Waals surface area contributed by atoms with Gasteiger partial charge in [-0.25, -0.2) is 9.78 Å². The molecule has 0 spiro atoms. The summed E-state index contributed by atoms with van der Waals surface area (Å²) in [6, 6.07) is 1.89. The predicted octanol–water partition coefficient (Wildman–Crippen LogP) is 3.53. The number of aryl methyl sites for hydroxylation is 1. The number of rotatable bonds is 6. The molecule has 1 fully saturated rings. The Morgan fingerprint density at radius 2 is 1.94 bits per heavy atom. The second-order valence-corrected chi connectivity index (χ2v) is 7.82. The van der Waals surface area contributed by atoms with Gasteiger partial charge in [-0.1, -0.05) is 0 Å². The van der Waals surface area contributed by atoms with Crippen LogP contribution in [-0.2, 0) is 17.5 Å². The largest absolute Gasteiger partial charge is 0.478 e. The highest BCUT2D eigenvalue weighted by Crippen LogP contribution is 2.36. The highest BCUT2D eigenvalue weighted by atomic mass is 19.4. The molecule has 1 aliphatic heterocycles. The Kier molecular flexibility index (Phi) is 7.57. The number of carbonyl (C=O) groups is 1. The maximum Gasteiger partial charge on any atom is 0.421 e. The van der Waals surface area contributed by atoms with Crippen LogP contribution in [0.3, 0.4) is 0 Å². The molecule has 3 heterocycles. The number of hydrogen-bond acceptors (Lipinski definition) is 7. The molecule has 33 heavy (non-hydrogen) atoms. The third kappa shape index (κ3) is 6.44. The van der Waals surface area contributed by atoms with Crippen LogP contribution in [0.5, 0.6) is 5.88 Å². The number of morpholine rings is 1. The second kappa shape index (κ2) is 10.2. The third-order valence-corrected chi connectivity index (χ3v) is 4.85. The van der Waals surface area contributed by atoms with E-state index in [0.717, 1.165) is 23.6 Å². The fourth-order valence-electron chi connectivity index (χ4n) is 3.61. The van der Waals surface area contributed by atoms with Crippen LogP contribution in [0.4, 0.5) is 29.5 Å². The lowest BCUT2D eigenvalue weighted by Gasteiger charge is -2.36. The molecule has 0 aliphatic carbocycles. The van der Waals surface area contributed by atoms with Gasteiger partial charge in [0.2, 0.25) is 5.88 Å². The summed E-state index contributed by atoms with van der Waals surface area (Å²) in [6.07, 6.45) is -3.41. The SMILES string of the molecule is CCOc1ncc(NC(=O)NCc2cc(C)c(N3CC(C)OC(C)C3)nn2)cc1C(F)(F)F. The Morgan fingerprint density at radius 1 is 1.24 bits per heavy atom. The minimum Gasteiger partial charge on any atom is -0.478 e. The van der Waals surface area contributed by atoms with E-state index in [2.05, 4.69) is 30.7 Å². The molecule has 1 aliphatic rings. The summed E-state index contributed by atoms with van der Waals surface area (Å²) in [4.78, 5) is 18.0. The van der Waals surface area contributed by atoms with Crippen LogP contribution < -0.4 is 20.3 Å². The number of carbonyl (C=O) groups excluding carboxylic acids is 1. The lowest BCUT2D eigenvalue weighted by Crippen LogP contribution is -2.46. The van der Waals surface area contributed by atoms with Crippen molar-refractivity contribution in [2.24, 2.45) is 0 Å². The molecule has 0 aromatic carbocycles. The van der Waals surface area contributed by atoms with Crippen molar-refractivity contribution < 1.29 is 27.4 Å². The third-order valence-electron chi connectivity index (χ3n) is 4.85. The van der Waals surface area contributed by atoms with Gasteiger partial charge in [-0.05, 0) is 45.4 Å². The first-order valence-electron chi connectivity index (χ1n) is 10.5. The molecular formula is C21H27F3N6O3. The topological polar surface area (TPSA) is 102 Å². The summed E-state index contributed by atoms with van der Waals surface area (Å²) in [5.41, 5.74) is 0.234. The first-order chi connectivity index (χ1) is 15.6. The van der Waals surface area contributed by atoms with Crippen LogP contribution in [0, 0.1) is 6.92 Å². The maximum absolute atomic E-state index is 13.2. The minimum atomic E-state index is -4.67. The summed E-state index contributed by atoms with van der Waals surface area (Å²) < 4.78 is 50.4. The summed E-state index contributed by atoms with van der Waals surface area (Å²) in [7, 11) is 0. The van der Waals surface area contributed by atoms with Gasteiger partial charge in [-0.2, -0.15) is 18.3 Å². The Bertz CT molecular complexity index is 978. The molecule has 180 valence electrons. The van der Waals surface area contributed by atoms with Crippen molar-refractivity contribution in [1.29, 1.82) is 0 Å².